The van der Waals surface area contributed by atoms with Crippen LogP contribution in [0.1, 0.15) is 23.7 Å². The number of carbonyl (C=O) groups excluding carboxylic acids is 1. The molecule has 0 bridgehead atoms. The average molecular weight is 340 g/mol. The van der Waals surface area contributed by atoms with Gasteiger partial charge in [-0.1, -0.05) is 42.5 Å². The highest BCUT2D eigenvalue weighted by atomic mass is 16.5. The van der Waals surface area contributed by atoms with Crippen LogP contribution < -0.4 is 5.73 Å². The van der Waals surface area contributed by atoms with E-state index < -0.39 is 6.10 Å². The van der Waals surface area contributed by atoms with Crippen molar-refractivity contribution in [3.63, 3.8) is 0 Å². The molecule has 1 amide bonds. The molecule has 2 aromatic rings. The number of rotatable bonds is 6. The first kappa shape index (κ1) is 17.5. The number of amides is 1. The Labute approximate surface area is 148 Å². The molecule has 1 aliphatic rings. The van der Waals surface area contributed by atoms with Crippen molar-refractivity contribution < 1.29 is 14.6 Å². The molecule has 5 heteroatoms. The second-order valence-electron chi connectivity index (χ2n) is 6.37. The van der Waals surface area contributed by atoms with Gasteiger partial charge >= 0.3 is 0 Å². The topological polar surface area (TPSA) is 75.8 Å². The van der Waals surface area contributed by atoms with Crippen molar-refractivity contribution in [1.29, 1.82) is 0 Å². The van der Waals surface area contributed by atoms with Crippen LogP contribution in [0.2, 0.25) is 0 Å². The quantitative estimate of drug-likeness (QED) is 0.790. The summed E-state index contributed by atoms with van der Waals surface area (Å²) < 4.78 is 5.38. The van der Waals surface area contributed by atoms with Gasteiger partial charge in [0, 0.05) is 12.2 Å². The van der Waals surface area contributed by atoms with E-state index in [1.165, 1.54) is 5.56 Å². The molecule has 3 rings (SSSR count). The van der Waals surface area contributed by atoms with Gasteiger partial charge in [0.05, 0.1) is 12.6 Å². The standard InChI is InChI=1S/C20H24N2O3/c21-17-10-8-16(9-11-17)20(24)18-13-25-14-19(23)22(18)12-4-7-15-5-2-1-3-6-15/h1-3,5-6,8-11,18,20,24H,4,7,12-14,21H2/t18-,20-/m1/s1. The van der Waals surface area contributed by atoms with Crippen LogP contribution in [0.5, 0.6) is 0 Å². The molecule has 0 spiro atoms. The van der Waals surface area contributed by atoms with Gasteiger partial charge in [-0.05, 0) is 36.1 Å². The Morgan fingerprint density at radius 2 is 1.88 bits per heavy atom. The Morgan fingerprint density at radius 1 is 1.16 bits per heavy atom. The van der Waals surface area contributed by atoms with Crippen molar-refractivity contribution >= 4 is 11.6 Å². The number of hydrogen-bond acceptors (Lipinski definition) is 4. The van der Waals surface area contributed by atoms with Crippen LogP contribution in [0.4, 0.5) is 5.69 Å². The first-order valence-corrected chi connectivity index (χ1v) is 8.60. The summed E-state index contributed by atoms with van der Waals surface area (Å²) >= 11 is 0. The van der Waals surface area contributed by atoms with Crippen LogP contribution in [0.25, 0.3) is 0 Å². The van der Waals surface area contributed by atoms with Crippen molar-refractivity contribution in [3.8, 4) is 0 Å². The Kier molecular flexibility index (Phi) is 5.68. The molecule has 0 saturated carbocycles. The Hall–Kier alpha value is -2.37. The fourth-order valence-electron chi connectivity index (χ4n) is 3.19. The monoisotopic (exact) mass is 340 g/mol. The minimum atomic E-state index is -0.790. The third-order valence-corrected chi connectivity index (χ3v) is 4.58. The number of anilines is 1. The van der Waals surface area contributed by atoms with Gasteiger partial charge in [-0.15, -0.1) is 0 Å². The lowest BCUT2D eigenvalue weighted by Crippen LogP contribution is -2.52. The maximum absolute atomic E-state index is 12.3. The van der Waals surface area contributed by atoms with E-state index in [4.69, 9.17) is 10.5 Å². The van der Waals surface area contributed by atoms with Gasteiger partial charge in [0.2, 0.25) is 5.91 Å². The van der Waals surface area contributed by atoms with Crippen LogP contribution in [0.15, 0.2) is 54.6 Å². The number of ether oxygens (including phenoxy) is 1. The third kappa shape index (κ3) is 4.38. The van der Waals surface area contributed by atoms with Crippen LogP contribution >= 0.6 is 0 Å². The summed E-state index contributed by atoms with van der Waals surface area (Å²) in [5.41, 5.74) is 8.34. The van der Waals surface area contributed by atoms with E-state index in [1.54, 1.807) is 29.2 Å². The number of aryl methyl sites for hydroxylation is 1. The van der Waals surface area contributed by atoms with Gasteiger partial charge in [0.25, 0.3) is 0 Å². The molecule has 2 atom stereocenters. The van der Waals surface area contributed by atoms with Gasteiger partial charge in [-0.25, -0.2) is 0 Å². The SMILES string of the molecule is Nc1ccc([C@@H](O)[C@H]2COCC(=O)N2CCCc2ccccc2)cc1. The number of carbonyl (C=O) groups is 1. The molecule has 25 heavy (non-hydrogen) atoms. The van der Waals surface area contributed by atoms with Gasteiger partial charge in [-0.3, -0.25) is 4.79 Å². The smallest absolute Gasteiger partial charge is 0.248 e. The van der Waals surface area contributed by atoms with Crippen molar-refractivity contribution in [2.24, 2.45) is 0 Å². The number of aliphatic hydroxyl groups is 1. The number of hydrogen-bond donors (Lipinski definition) is 2. The lowest BCUT2D eigenvalue weighted by Gasteiger charge is -2.38. The Balaban J connectivity index is 1.66. The van der Waals surface area contributed by atoms with Crippen molar-refractivity contribution in [2.75, 3.05) is 25.5 Å². The number of nitrogens with zero attached hydrogens (tertiary/aromatic N) is 1. The minimum Gasteiger partial charge on any atom is -0.399 e. The van der Waals surface area contributed by atoms with Crippen molar-refractivity contribution in [2.45, 2.75) is 25.0 Å². The first-order valence-electron chi connectivity index (χ1n) is 8.60. The third-order valence-electron chi connectivity index (χ3n) is 4.58. The second-order valence-corrected chi connectivity index (χ2v) is 6.37. The summed E-state index contributed by atoms with van der Waals surface area (Å²) in [6.07, 6.45) is 0.957. The summed E-state index contributed by atoms with van der Waals surface area (Å²) in [4.78, 5) is 14.1. The van der Waals surface area contributed by atoms with Crippen molar-refractivity contribution in [1.82, 2.24) is 4.90 Å². The first-order chi connectivity index (χ1) is 12.1. The Morgan fingerprint density at radius 3 is 2.60 bits per heavy atom. The molecule has 2 aromatic carbocycles. The molecule has 0 radical (unpaired) electrons. The zero-order chi connectivity index (χ0) is 17.6. The number of nitrogens with two attached hydrogens (primary N) is 1. The normalized spacial score (nSPS) is 19.0. The van der Waals surface area contributed by atoms with Crippen molar-refractivity contribution in [3.05, 3.63) is 65.7 Å². The van der Waals surface area contributed by atoms with Crippen LogP contribution in [0.3, 0.4) is 0 Å². The van der Waals surface area contributed by atoms with E-state index in [0.717, 1.165) is 18.4 Å². The van der Waals surface area contributed by atoms with Crippen LogP contribution in [-0.4, -0.2) is 41.7 Å². The zero-order valence-electron chi connectivity index (χ0n) is 14.2. The predicted molar refractivity (Wildman–Crippen MR) is 96.9 cm³/mol. The average Bonchev–Trinajstić information content (AvgIpc) is 2.64. The molecule has 1 heterocycles. The minimum absolute atomic E-state index is 0.0705. The van der Waals surface area contributed by atoms with Crippen LogP contribution in [-0.2, 0) is 16.0 Å². The summed E-state index contributed by atoms with van der Waals surface area (Å²) in [5, 5.41) is 10.7. The fourth-order valence-corrected chi connectivity index (χ4v) is 3.19. The highest BCUT2D eigenvalue weighted by Crippen LogP contribution is 2.25. The second kappa shape index (κ2) is 8.14. The number of nitrogen functional groups attached to an aromatic ring is 1. The highest BCUT2D eigenvalue weighted by molar-refractivity contribution is 5.78. The molecule has 0 aromatic heterocycles. The van der Waals surface area contributed by atoms with E-state index in [-0.39, 0.29) is 18.6 Å². The maximum Gasteiger partial charge on any atom is 0.248 e. The number of benzene rings is 2. The van der Waals surface area contributed by atoms with Crippen LogP contribution in [0, 0.1) is 0 Å². The van der Waals surface area contributed by atoms with Gasteiger partial charge in [0.1, 0.15) is 12.7 Å². The lowest BCUT2D eigenvalue weighted by atomic mass is 9.99. The van der Waals surface area contributed by atoms with E-state index in [2.05, 4.69) is 12.1 Å². The molecule has 3 N–H and O–H groups in total. The lowest BCUT2D eigenvalue weighted by molar-refractivity contribution is -0.154. The molecule has 5 nitrogen and oxygen atoms in total. The molecule has 1 saturated heterocycles. The predicted octanol–water partition coefficient (Wildman–Crippen LogP) is 2.16. The summed E-state index contributed by atoms with van der Waals surface area (Å²) in [5.74, 6) is -0.0705. The molecular weight excluding hydrogens is 316 g/mol. The summed E-state index contributed by atoms with van der Waals surface area (Å²) in [6, 6.07) is 16.9. The molecule has 1 aliphatic heterocycles. The number of morpholine rings is 1. The molecule has 132 valence electrons. The highest BCUT2D eigenvalue weighted by Gasteiger charge is 2.34. The molecule has 0 unspecified atom stereocenters. The zero-order valence-corrected chi connectivity index (χ0v) is 14.2. The maximum atomic E-state index is 12.3. The fraction of sp³-hybridized carbons (Fsp3) is 0.350. The largest absolute Gasteiger partial charge is 0.399 e. The molecular formula is C20H24N2O3. The van der Waals surface area contributed by atoms with Gasteiger partial charge < -0.3 is 20.5 Å². The van der Waals surface area contributed by atoms with E-state index >= 15 is 0 Å². The number of aliphatic hydroxyl groups excluding tert-OH is 1. The molecule has 0 aliphatic carbocycles. The summed E-state index contributed by atoms with van der Waals surface area (Å²) in [6.45, 7) is 1.02. The van der Waals surface area contributed by atoms with Gasteiger partial charge in [0.15, 0.2) is 0 Å². The van der Waals surface area contributed by atoms with E-state index in [1.807, 2.05) is 18.2 Å². The summed E-state index contributed by atoms with van der Waals surface area (Å²) in [7, 11) is 0. The van der Waals surface area contributed by atoms with E-state index in [0.29, 0.717) is 18.8 Å². The van der Waals surface area contributed by atoms with E-state index in [9.17, 15) is 9.90 Å². The van der Waals surface area contributed by atoms with Gasteiger partial charge in [-0.2, -0.15) is 0 Å². The Bertz CT molecular complexity index is 688. The molecule has 1 fully saturated rings.